The Bertz CT molecular complexity index is 1150. The molecule has 0 aliphatic heterocycles. The number of aromatic nitrogens is 2. The Labute approximate surface area is 180 Å². The van der Waals surface area contributed by atoms with Crippen LogP contribution in [0.2, 0.25) is 5.02 Å². The first-order valence-electron chi connectivity index (χ1n) is 9.59. The quantitative estimate of drug-likeness (QED) is 0.322. The fourth-order valence-corrected chi connectivity index (χ4v) is 3.32. The molecule has 0 aliphatic rings. The molecule has 30 heavy (non-hydrogen) atoms. The van der Waals surface area contributed by atoms with E-state index in [9.17, 15) is 4.79 Å². The lowest BCUT2D eigenvalue weighted by atomic mass is 10.0. The van der Waals surface area contributed by atoms with Crippen molar-refractivity contribution in [1.82, 2.24) is 9.78 Å². The van der Waals surface area contributed by atoms with Crippen LogP contribution < -0.4 is 5.32 Å². The number of nitrogens with one attached hydrogen (secondary N) is 1. The minimum atomic E-state index is -0.267. The Morgan fingerprint density at radius 3 is 2.17 bits per heavy atom. The van der Waals surface area contributed by atoms with E-state index >= 15 is 0 Å². The van der Waals surface area contributed by atoms with Crippen LogP contribution in [0.25, 0.3) is 11.6 Å². The van der Waals surface area contributed by atoms with Crippen LogP contribution >= 0.6 is 11.6 Å². The second-order valence-electron chi connectivity index (χ2n) is 6.80. The van der Waals surface area contributed by atoms with Crippen molar-refractivity contribution in [2.45, 2.75) is 6.54 Å². The molecule has 3 aromatic carbocycles. The SMILES string of the molecule is O=C(Nc1nn(Cc2ccccc2)cc1Cl)/C(=C\c1ccccc1)c1ccccc1. The number of carbonyl (C=O) groups excluding carboxylic acids is 1. The van der Waals surface area contributed by atoms with Crippen LogP contribution in [0.4, 0.5) is 5.82 Å². The summed E-state index contributed by atoms with van der Waals surface area (Å²) < 4.78 is 1.72. The molecule has 0 saturated carbocycles. The van der Waals surface area contributed by atoms with Crippen LogP contribution in [0.3, 0.4) is 0 Å². The van der Waals surface area contributed by atoms with Gasteiger partial charge < -0.3 is 5.32 Å². The van der Waals surface area contributed by atoms with Crippen molar-refractivity contribution < 1.29 is 4.79 Å². The maximum atomic E-state index is 13.1. The summed E-state index contributed by atoms with van der Waals surface area (Å²) >= 11 is 6.35. The number of halogens is 1. The van der Waals surface area contributed by atoms with Gasteiger partial charge in [0.1, 0.15) is 5.02 Å². The molecular weight excluding hydrogens is 394 g/mol. The lowest BCUT2D eigenvalue weighted by molar-refractivity contribution is -0.111. The van der Waals surface area contributed by atoms with Crippen molar-refractivity contribution in [3.8, 4) is 0 Å². The molecule has 0 aliphatic carbocycles. The molecule has 1 N–H and O–H groups in total. The number of nitrogens with zero attached hydrogens (tertiary/aromatic N) is 2. The number of hydrogen-bond donors (Lipinski definition) is 1. The standard InChI is InChI=1S/C25H20ClN3O/c26-23-18-29(17-20-12-6-2-7-13-20)28-24(23)27-25(30)22(21-14-8-3-9-15-21)16-19-10-4-1-5-11-19/h1-16,18H,17H2,(H,27,28,30)/b22-16-. The summed E-state index contributed by atoms with van der Waals surface area (Å²) in [5.41, 5.74) is 3.39. The van der Waals surface area contributed by atoms with Crippen LogP contribution in [0, 0.1) is 0 Å². The fraction of sp³-hybridized carbons (Fsp3) is 0.0400. The highest BCUT2D eigenvalue weighted by Gasteiger charge is 2.16. The molecule has 4 rings (SSSR count). The summed E-state index contributed by atoms with van der Waals surface area (Å²) in [5, 5.41) is 7.71. The van der Waals surface area contributed by atoms with Crippen molar-refractivity contribution in [3.05, 3.63) is 119 Å². The Balaban J connectivity index is 1.59. The zero-order valence-corrected chi connectivity index (χ0v) is 17.0. The summed E-state index contributed by atoms with van der Waals surface area (Å²) in [4.78, 5) is 13.1. The summed E-state index contributed by atoms with van der Waals surface area (Å²) in [6.07, 6.45) is 3.58. The number of amides is 1. The lowest BCUT2D eigenvalue weighted by Gasteiger charge is -2.09. The molecule has 5 heteroatoms. The molecule has 0 bridgehead atoms. The maximum Gasteiger partial charge on any atom is 0.257 e. The monoisotopic (exact) mass is 413 g/mol. The molecule has 0 saturated heterocycles. The highest BCUT2D eigenvalue weighted by molar-refractivity contribution is 6.35. The van der Waals surface area contributed by atoms with Gasteiger partial charge in [-0.3, -0.25) is 9.48 Å². The molecule has 4 aromatic rings. The minimum absolute atomic E-state index is 0.267. The predicted molar refractivity (Wildman–Crippen MR) is 122 cm³/mol. The zero-order valence-electron chi connectivity index (χ0n) is 16.2. The largest absolute Gasteiger partial charge is 0.304 e. The van der Waals surface area contributed by atoms with Crippen molar-refractivity contribution in [1.29, 1.82) is 0 Å². The number of carbonyl (C=O) groups is 1. The summed E-state index contributed by atoms with van der Waals surface area (Å²) in [5.74, 6) is 0.0735. The molecule has 0 fully saturated rings. The second-order valence-corrected chi connectivity index (χ2v) is 7.20. The molecule has 0 unspecified atom stereocenters. The minimum Gasteiger partial charge on any atom is -0.304 e. The lowest BCUT2D eigenvalue weighted by Crippen LogP contribution is -2.15. The van der Waals surface area contributed by atoms with Gasteiger partial charge in [-0.1, -0.05) is 103 Å². The highest BCUT2D eigenvalue weighted by atomic mass is 35.5. The predicted octanol–water partition coefficient (Wildman–Crippen LogP) is 5.76. The van der Waals surface area contributed by atoms with Gasteiger partial charge in [-0.15, -0.1) is 0 Å². The molecule has 0 radical (unpaired) electrons. The van der Waals surface area contributed by atoms with E-state index < -0.39 is 0 Å². The Kier molecular flexibility index (Phi) is 6.06. The van der Waals surface area contributed by atoms with Crippen molar-refractivity contribution in [2.75, 3.05) is 5.32 Å². The first-order valence-corrected chi connectivity index (χ1v) is 9.97. The van der Waals surface area contributed by atoms with Crippen LogP contribution in [0.5, 0.6) is 0 Å². The van der Waals surface area contributed by atoms with E-state index in [4.69, 9.17) is 11.6 Å². The molecule has 1 aromatic heterocycles. The van der Waals surface area contributed by atoms with Gasteiger partial charge >= 0.3 is 0 Å². The number of rotatable bonds is 6. The van der Waals surface area contributed by atoms with E-state index in [1.54, 1.807) is 10.9 Å². The van der Waals surface area contributed by atoms with Gasteiger partial charge in [0.15, 0.2) is 5.82 Å². The fourth-order valence-electron chi connectivity index (χ4n) is 3.12. The number of benzene rings is 3. The van der Waals surface area contributed by atoms with Gasteiger partial charge in [-0.2, -0.15) is 5.10 Å². The van der Waals surface area contributed by atoms with E-state index in [-0.39, 0.29) is 5.91 Å². The summed E-state index contributed by atoms with van der Waals surface area (Å²) in [6, 6.07) is 29.2. The van der Waals surface area contributed by atoms with Crippen LogP contribution in [-0.2, 0) is 11.3 Å². The molecule has 148 valence electrons. The average Bonchev–Trinajstić information content (AvgIpc) is 3.12. The Morgan fingerprint density at radius 1 is 0.900 bits per heavy atom. The zero-order chi connectivity index (χ0) is 20.8. The van der Waals surface area contributed by atoms with Gasteiger partial charge in [0.05, 0.1) is 6.54 Å². The summed E-state index contributed by atoms with van der Waals surface area (Å²) in [6.45, 7) is 0.571. The molecule has 0 spiro atoms. The van der Waals surface area contributed by atoms with E-state index in [0.29, 0.717) is 23.0 Å². The average molecular weight is 414 g/mol. The van der Waals surface area contributed by atoms with Crippen LogP contribution in [0.15, 0.2) is 97.2 Å². The normalized spacial score (nSPS) is 11.3. The molecular formula is C25H20ClN3O. The van der Waals surface area contributed by atoms with Gasteiger partial charge in [0.2, 0.25) is 0 Å². The maximum absolute atomic E-state index is 13.1. The van der Waals surface area contributed by atoms with Crippen molar-refractivity contribution in [3.63, 3.8) is 0 Å². The first-order chi connectivity index (χ1) is 14.7. The van der Waals surface area contributed by atoms with Crippen molar-refractivity contribution >= 4 is 35.0 Å². The van der Waals surface area contributed by atoms with E-state index in [2.05, 4.69) is 10.4 Å². The number of anilines is 1. The topological polar surface area (TPSA) is 46.9 Å². The van der Waals surface area contributed by atoms with E-state index in [0.717, 1.165) is 16.7 Å². The van der Waals surface area contributed by atoms with Gasteiger partial charge in [-0.05, 0) is 22.8 Å². The molecule has 1 heterocycles. The third kappa shape index (κ3) is 4.85. The van der Waals surface area contributed by atoms with Crippen molar-refractivity contribution in [2.24, 2.45) is 0 Å². The number of hydrogen-bond acceptors (Lipinski definition) is 2. The van der Waals surface area contributed by atoms with Gasteiger partial charge in [-0.25, -0.2) is 0 Å². The van der Waals surface area contributed by atoms with Crippen LogP contribution in [-0.4, -0.2) is 15.7 Å². The second kappa shape index (κ2) is 9.25. The summed E-state index contributed by atoms with van der Waals surface area (Å²) in [7, 11) is 0. The first kappa shape index (κ1) is 19.7. The Hall–Kier alpha value is -3.63. The van der Waals surface area contributed by atoms with E-state index in [1.807, 2.05) is 97.1 Å². The van der Waals surface area contributed by atoms with E-state index in [1.165, 1.54) is 0 Å². The Morgan fingerprint density at radius 2 is 1.50 bits per heavy atom. The molecule has 1 amide bonds. The van der Waals surface area contributed by atoms with Gasteiger partial charge in [0.25, 0.3) is 5.91 Å². The third-order valence-corrected chi connectivity index (χ3v) is 4.85. The van der Waals surface area contributed by atoms with Crippen LogP contribution in [0.1, 0.15) is 16.7 Å². The third-order valence-electron chi connectivity index (χ3n) is 4.58. The smallest absolute Gasteiger partial charge is 0.257 e. The molecule has 4 nitrogen and oxygen atoms in total. The van der Waals surface area contributed by atoms with Gasteiger partial charge in [0, 0.05) is 11.8 Å². The molecule has 0 atom stereocenters. The highest BCUT2D eigenvalue weighted by Crippen LogP contribution is 2.24.